The lowest BCUT2D eigenvalue weighted by atomic mass is 9.99. The summed E-state index contributed by atoms with van der Waals surface area (Å²) in [4.78, 5) is 46.2. The molecule has 0 fully saturated rings. The highest BCUT2D eigenvalue weighted by molar-refractivity contribution is 6.09. The first-order valence-electron chi connectivity index (χ1n) is 9.74. The predicted molar refractivity (Wildman–Crippen MR) is 124 cm³/mol. The van der Waals surface area contributed by atoms with Crippen LogP contribution >= 0.6 is 0 Å². The highest BCUT2D eigenvalue weighted by atomic mass is 16.2. The molecule has 0 aliphatic rings. The summed E-state index contributed by atoms with van der Waals surface area (Å²) in [6.07, 6.45) is 9.95. The monoisotopic (exact) mass is 440 g/mol. The van der Waals surface area contributed by atoms with Crippen molar-refractivity contribution in [2.24, 2.45) is 5.73 Å². The first-order chi connectivity index (χ1) is 16.1. The Labute approximate surface area is 189 Å². The molecule has 3 amide bonds. The molecule has 0 aliphatic carbocycles. The Hall–Kier alpha value is -4.92. The molecular formula is C24H20N6O3. The van der Waals surface area contributed by atoms with Gasteiger partial charge in [-0.3, -0.25) is 29.3 Å². The van der Waals surface area contributed by atoms with Gasteiger partial charge in [-0.2, -0.15) is 0 Å². The van der Waals surface area contributed by atoms with Crippen LogP contribution in [0.3, 0.4) is 0 Å². The number of anilines is 2. The van der Waals surface area contributed by atoms with Crippen LogP contribution in [-0.2, 0) is 4.79 Å². The van der Waals surface area contributed by atoms with Gasteiger partial charge in [0.1, 0.15) is 0 Å². The minimum absolute atomic E-state index is 0.250. The van der Waals surface area contributed by atoms with Gasteiger partial charge in [-0.1, -0.05) is 0 Å². The number of nitrogens with one attached hydrogen (secondary N) is 2. The highest BCUT2D eigenvalue weighted by Crippen LogP contribution is 2.23. The van der Waals surface area contributed by atoms with Crippen LogP contribution in [0.5, 0.6) is 0 Å². The minimum Gasteiger partial charge on any atom is -0.372 e. The van der Waals surface area contributed by atoms with E-state index in [0.29, 0.717) is 22.5 Å². The maximum Gasteiger partial charge on any atom is 0.255 e. The SMILES string of the molecule is NC=O.O=C(Nc1ccncc1)c1cc(C(=O)Nc2ccncc2)cc(-c2ccncc2)c1. The number of hydrogen-bond donors (Lipinski definition) is 3. The third-order valence-electron chi connectivity index (χ3n) is 4.35. The number of carbonyl (C=O) groups excluding carboxylic acids is 3. The van der Waals surface area contributed by atoms with Gasteiger partial charge in [-0.15, -0.1) is 0 Å². The summed E-state index contributed by atoms with van der Waals surface area (Å²) in [6, 6.07) is 15.5. The second-order valence-corrected chi connectivity index (χ2v) is 6.55. The normalized spacial score (nSPS) is 9.70. The maximum absolute atomic E-state index is 12.8. The molecule has 0 aliphatic heterocycles. The van der Waals surface area contributed by atoms with Crippen molar-refractivity contribution in [3.63, 3.8) is 0 Å². The van der Waals surface area contributed by atoms with Crippen molar-refractivity contribution in [1.29, 1.82) is 0 Å². The number of pyridine rings is 3. The van der Waals surface area contributed by atoms with E-state index in [4.69, 9.17) is 4.79 Å². The molecule has 9 heteroatoms. The lowest BCUT2D eigenvalue weighted by Crippen LogP contribution is -2.16. The van der Waals surface area contributed by atoms with Gasteiger partial charge in [0.25, 0.3) is 11.8 Å². The van der Waals surface area contributed by atoms with Gasteiger partial charge in [0.15, 0.2) is 0 Å². The van der Waals surface area contributed by atoms with Crippen molar-refractivity contribution >= 4 is 29.6 Å². The zero-order valence-corrected chi connectivity index (χ0v) is 17.4. The van der Waals surface area contributed by atoms with Crippen molar-refractivity contribution in [1.82, 2.24) is 15.0 Å². The largest absolute Gasteiger partial charge is 0.372 e. The quantitative estimate of drug-likeness (QED) is 0.407. The van der Waals surface area contributed by atoms with E-state index in [1.807, 2.05) is 12.1 Å². The summed E-state index contributed by atoms with van der Waals surface area (Å²) in [7, 11) is 0. The van der Waals surface area contributed by atoms with E-state index in [1.165, 1.54) is 0 Å². The van der Waals surface area contributed by atoms with Crippen LogP contribution in [0, 0.1) is 0 Å². The van der Waals surface area contributed by atoms with Crippen molar-refractivity contribution in [2.75, 3.05) is 10.6 Å². The molecule has 3 heterocycles. The lowest BCUT2D eigenvalue weighted by Gasteiger charge is -2.11. The first-order valence-corrected chi connectivity index (χ1v) is 9.74. The van der Waals surface area contributed by atoms with Crippen LogP contribution in [0.25, 0.3) is 11.1 Å². The molecule has 0 bridgehead atoms. The number of aromatic nitrogens is 3. The summed E-state index contributed by atoms with van der Waals surface area (Å²) >= 11 is 0. The standard InChI is InChI=1S/C23H17N5O2.CH3NO/c29-22(27-20-3-9-25-10-4-20)18-13-17(16-1-7-24-8-2-16)14-19(15-18)23(30)28-21-5-11-26-12-6-21;2-1-3/h1-15H,(H,25,27,29)(H,26,28,30);1H,(H2,2,3). The Morgan fingerprint density at radius 2 is 1.00 bits per heavy atom. The number of rotatable bonds is 5. The van der Waals surface area contributed by atoms with Crippen LogP contribution in [0.1, 0.15) is 20.7 Å². The molecule has 164 valence electrons. The van der Waals surface area contributed by atoms with Gasteiger partial charge in [-0.25, -0.2) is 0 Å². The Bertz CT molecular complexity index is 1150. The van der Waals surface area contributed by atoms with Crippen LogP contribution in [0.4, 0.5) is 11.4 Å². The summed E-state index contributed by atoms with van der Waals surface area (Å²) < 4.78 is 0. The third-order valence-corrected chi connectivity index (χ3v) is 4.35. The molecule has 33 heavy (non-hydrogen) atoms. The molecule has 3 aromatic heterocycles. The van der Waals surface area contributed by atoms with Gasteiger partial charge in [-0.05, 0) is 65.7 Å². The molecule has 4 aromatic rings. The molecule has 1 aromatic carbocycles. The van der Waals surface area contributed by atoms with Crippen molar-refractivity contribution in [3.05, 3.63) is 103 Å². The number of amides is 3. The fourth-order valence-corrected chi connectivity index (χ4v) is 2.88. The average molecular weight is 440 g/mol. The molecule has 0 spiro atoms. The van der Waals surface area contributed by atoms with E-state index in [-0.39, 0.29) is 18.2 Å². The van der Waals surface area contributed by atoms with E-state index in [2.05, 4.69) is 31.3 Å². The van der Waals surface area contributed by atoms with Crippen LogP contribution < -0.4 is 16.4 Å². The number of carbonyl (C=O) groups is 3. The molecule has 0 radical (unpaired) electrons. The summed E-state index contributed by atoms with van der Waals surface area (Å²) in [5.41, 5.74) is 7.71. The Morgan fingerprint density at radius 1 is 0.636 bits per heavy atom. The second kappa shape index (κ2) is 11.5. The van der Waals surface area contributed by atoms with E-state index in [0.717, 1.165) is 11.1 Å². The number of nitrogens with two attached hydrogens (primary N) is 1. The Kier molecular flexibility index (Phi) is 7.91. The molecule has 0 saturated carbocycles. The average Bonchev–Trinajstić information content (AvgIpc) is 2.86. The molecule has 4 rings (SSSR count). The van der Waals surface area contributed by atoms with Crippen LogP contribution in [0.15, 0.2) is 91.8 Å². The maximum atomic E-state index is 12.8. The van der Waals surface area contributed by atoms with E-state index < -0.39 is 0 Å². The molecular weight excluding hydrogens is 420 g/mol. The summed E-state index contributed by atoms with van der Waals surface area (Å²) in [5, 5.41) is 5.64. The molecule has 0 atom stereocenters. The zero-order valence-electron chi connectivity index (χ0n) is 17.4. The summed E-state index contributed by atoms with van der Waals surface area (Å²) in [5.74, 6) is -0.648. The minimum atomic E-state index is -0.324. The van der Waals surface area contributed by atoms with Crippen LogP contribution in [0.2, 0.25) is 0 Å². The van der Waals surface area contributed by atoms with Gasteiger partial charge in [0.05, 0.1) is 0 Å². The number of primary amides is 1. The Balaban J connectivity index is 0.000000968. The third kappa shape index (κ3) is 6.53. The molecule has 4 N–H and O–H groups in total. The van der Waals surface area contributed by atoms with Gasteiger partial charge in [0.2, 0.25) is 6.41 Å². The highest BCUT2D eigenvalue weighted by Gasteiger charge is 2.15. The number of benzene rings is 1. The number of hydrogen-bond acceptors (Lipinski definition) is 6. The van der Waals surface area contributed by atoms with Gasteiger partial charge >= 0.3 is 0 Å². The van der Waals surface area contributed by atoms with E-state index in [1.54, 1.807) is 79.6 Å². The smallest absolute Gasteiger partial charge is 0.255 e. The topological polar surface area (TPSA) is 140 Å². The number of nitrogens with zero attached hydrogens (tertiary/aromatic N) is 3. The summed E-state index contributed by atoms with van der Waals surface area (Å²) in [6.45, 7) is 0. The van der Waals surface area contributed by atoms with Gasteiger partial charge < -0.3 is 16.4 Å². The van der Waals surface area contributed by atoms with Crippen molar-refractivity contribution in [2.45, 2.75) is 0 Å². The van der Waals surface area contributed by atoms with Gasteiger partial charge in [0, 0.05) is 59.7 Å². The van der Waals surface area contributed by atoms with Crippen LogP contribution in [-0.4, -0.2) is 33.2 Å². The van der Waals surface area contributed by atoms with Crippen molar-refractivity contribution in [3.8, 4) is 11.1 Å². The molecule has 0 saturated heterocycles. The zero-order chi connectivity index (χ0) is 23.5. The lowest BCUT2D eigenvalue weighted by molar-refractivity contribution is -0.106. The van der Waals surface area contributed by atoms with Crippen molar-refractivity contribution < 1.29 is 14.4 Å². The fourth-order valence-electron chi connectivity index (χ4n) is 2.88. The second-order valence-electron chi connectivity index (χ2n) is 6.55. The fraction of sp³-hybridized carbons (Fsp3) is 0. The van der Waals surface area contributed by atoms with E-state index in [9.17, 15) is 9.59 Å². The molecule has 0 unspecified atom stereocenters. The first kappa shape index (κ1) is 22.8. The molecule has 9 nitrogen and oxygen atoms in total. The predicted octanol–water partition coefficient (Wildman–Crippen LogP) is 3.14. The van der Waals surface area contributed by atoms with E-state index >= 15 is 0 Å². The Morgan fingerprint density at radius 3 is 1.39 bits per heavy atom.